The third-order valence-electron chi connectivity index (χ3n) is 3.24. The van der Waals surface area contributed by atoms with Gasteiger partial charge in [-0.3, -0.25) is 0 Å². The summed E-state index contributed by atoms with van der Waals surface area (Å²) in [4.78, 5) is 2.54. The lowest BCUT2D eigenvalue weighted by Crippen LogP contribution is -2.36. The summed E-state index contributed by atoms with van der Waals surface area (Å²) < 4.78 is 0. The average Bonchev–Trinajstić information content (AvgIpc) is 2.50. The first-order valence-corrected chi connectivity index (χ1v) is 7.76. The quantitative estimate of drug-likeness (QED) is 0.827. The van der Waals surface area contributed by atoms with E-state index in [4.69, 9.17) is 0 Å². The molecule has 1 N–H and O–H groups in total. The molecule has 1 atom stereocenters. The largest absolute Gasteiger partial charge is 0.370 e. The molecule has 0 bridgehead atoms. The van der Waals surface area contributed by atoms with Gasteiger partial charge in [0.1, 0.15) is 0 Å². The van der Waals surface area contributed by atoms with Crippen molar-refractivity contribution in [2.75, 3.05) is 30.0 Å². The van der Waals surface area contributed by atoms with Gasteiger partial charge >= 0.3 is 0 Å². The zero-order chi connectivity index (χ0) is 12.1. The lowest BCUT2D eigenvalue weighted by atomic mass is 10.1. The summed E-state index contributed by atoms with van der Waals surface area (Å²) >= 11 is 1.94. The van der Waals surface area contributed by atoms with E-state index in [9.17, 15) is 0 Å². The van der Waals surface area contributed by atoms with Crippen LogP contribution >= 0.6 is 11.8 Å². The Balaban J connectivity index is 2.11. The maximum absolute atomic E-state index is 3.57. The van der Waals surface area contributed by atoms with Crippen LogP contribution in [0.1, 0.15) is 18.9 Å². The van der Waals surface area contributed by atoms with Gasteiger partial charge in [0.05, 0.1) is 0 Å². The number of thioether (sulfide) groups is 1. The van der Waals surface area contributed by atoms with Crippen LogP contribution in [-0.2, 0) is 6.54 Å². The molecule has 0 radical (unpaired) electrons. The minimum absolute atomic E-state index is 0.566. The molecular weight excluding hydrogens is 228 g/mol. The van der Waals surface area contributed by atoms with Crippen molar-refractivity contribution in [3.8, 4) is 0 Å². The van der Waals surface area contributed by atoms with Gasteiger partial charge in [-0.2, -0.15) is 11.8 Å². The minimum atomic E-state index is 0.566. The minimum Gasteiger partial charge on any atom is -0.370 e. The Morgan fingerprint density at radius 1 is 1.41 bits per heavy atom. The van der Waals surface area contributed by atoms with Gasteiger partial charge in [-0.15, -0.1) is 0 Å². The highest BCUT2D eigenvalue weighted by Gasteiger charge is 2.17. The van der Waals surface area contributed by atoms with Crippen molar-refractivity contribution < 1.29 is 0 Å². The Labute approximate surface area is 109 Å². The van der Waals surface area contributed by atoms with E-state index in [2.05, 4.69) is 47.7 Å². The molecule has 1 heterocycles. The Morgan fingerprint density at radius 3 is 3.06 bits per heavy atom. The van der Waals surface area contributed by atoms with Crippen LogP contribution in [0, 0.1) is 0 Å². The normalized spacial score (nSPS) is 19.9. The van der Waals surface area contributed by atoms with Gasteiger partial charge in [0.2, 0.25) is 0 Å². The molecule has 0 amide bonds. The summed E-state index contributed by atoms with van der Waals surface area (Å²) in [7, 11) is 0. The third-order valence-corrected chi connectivity index (χ3v) is 3.94. The second-order valence-electron chi connectivity index (χ2n) is 4.70. The fraction of sp³-hybridized carbons (Fsp3) is 0.571. The van der Waals surface area contributed by atoms with Crippen LogP contribution in [0.25, 0.3) is 0 Å². The highest BCUT2D eigenvalue weighted by Crippen LogP contribution is 2.23. The second kappa shape index (κ2) is 6.31. The molecule has 0 aliphatic carbocycles. The molecule has 3 heteroatoms. The lowest BCUT2D eigenvalue weighted by Gasteiger charge is -2.26. The van der Waals surface area contributed by atoms with Crippen molar-refractivity contribution in [1.82, 2.24) is 5.32 Å². The number of nitrogens with zero attached hydrogens (tertiary/aromatic N) is 1. The zero-order valence-electron chi connectivity index (χ0n) is 10.8. The van der Waals surface area contributed by atoms with Crippen LogP contribution in [0.3, 0.4) is 0 Å². The number of fused-ring (bicyclic) bond motifs is 1. The fourth-order valence-corrected chi connectivity index (χ4v) is 2.78. The number of hydrogen-bond acceptors (Lipinski definition) is 3. The molecule has 1 aliphatic heterocycles. The van der Waals surface area contributed by atoms with Crippen molar-refractivity contribution in [2.24, 2.45) is 0 Å². The Kier molecular flexibility index (Phi) is 4.75. The summed E-state index contributed by atoms with van der Waals surface area (Å²) in [5, 5.41) is 3.57. The van der Waals surface area contributed by atoms with Gasteiger partial charge in [0.25, 0.3) is 0 Å². The highest BCUT2D eigenvalue weighted by molar-refractivity contribution is 7.98. The number of benzene rings is 1. The maximum Gasteiger partial charge on any atom is 0.0412 e. The monoisotopic (exact) mass is 250 g/mol. The van der Waals surface area contributed by atoms with Crippen LogP contribution in [0.15, 0.2) is 24.3 Å². The smallest absolute Gasteiger partial charge is 0.0412 e. The molecule has 1 unspecified atom stereocenters. The molecule has 0 aromatic heterocycles. The number of anilines is 1. The van der Waals surface area contributed by atoms with E-state index in [1.807, 2.05) is 11.8 Å². The van der Waals surface area contributed by atoms with Gasteiger partial charge in [-0.1, -0.05) is 18.2 Å². The number of rotatable bonds is 4. The highest BCUT2D eigenvalue weighted by atomic mass is 32.2. The number of para-hydroxylation sites is 1. The van der Waals surface area contributed by atoms with Crippen molar-refractivity contribution in [3.63, 3.8) is 0 Å². The fourth-order valence-electron chi connectivity index (χ4n) is 2.36. The van der Waals surface area contributed by atoms with E-state index in [0.29, 0.717) is 6.04 Å². The van der Waals surface area contributed by atoms with Gasteiger partial charge < -0.3 is 10.2 Å². The van der Waals surface area contributed by atoms with Crippen LogP contribution in [0.4, 0.5) is 5.69 Å². The first kappa shape index (κ1) is 12.8. The van der Waals surface area contributed by atoms with E-state index >= 15 is 0 Å². The molecule has 0 saturated carbocycles. The molecule has 1 aromatic rings. The van der Waals surface area contributed by atoms with Gasteiger partial charge in [0.15, 0.2) is 0 Å². The van der Waals surface area contributed by atoms with E-state index in [1.165, 1.54) is 30.0 Å². The van der Waals surface area contributed by atoms with Crippen LogP contribution in [-0.4, -0.2) is 31.1 Å². The molecule has 94 valence electrons. The Bertz CT molecular complexity index is 354. The molecule has 0 saturated heterocycles. The van der Waals surface area contributed by atoms with Gasteiger partial charge in [-0.05, 0) is 37.0 Å². The molecule has 1 aromatic carbocycles. The lowest BCUT2D eigenvalue weighted by molar-refractivity contribution is 0.552. The first-order valence-electron chi connectivity index (χ1n) is 6.36. The summed E-state index contributed by atoms with van der Waals surface area (Å²) in [5.74, 6) is 1.25. The Morgan fingerprint density at radius 2 is 2.24 bits per heavy atom. The summed E-state index contributed by atoms with van der Waals surface area (Å²) in [5.41, 5.74) is 2.85. The van der Waals surface area contributed by atoms with Gasteiger partial charge in [0, 0.05) is 31.4 Å². The molecule has 2 nitrogen and oxygen atoms in total. The third kappa shape index (κ3) is 3.39. The molecule has 0 spiro atoms. The number of hydrogen-bond donors (Lipinski definition) is 1. The predicted molar refractivity (Wildman–Crippen MR) is 78.0 cm³/mol. The zero-order valence-corrected chi connectivity index (χ0v) is 11.6. The second-order valence-corrected chi connectivity index (χ2v) is 5.69. The molecule has 17 heavy (non-hydrogen) atoms. The molecule has 0 fully saturated rings. The van der Waals surface area contributed by atoms with Crippen molar-refractivity contribution in [1.29, 1.82) is 0 Å². The van der Waals surface area contributed by atoms with Crippen LogP contribution in [0.2, 0.25) is 0 Å². The van der Waals surface area contributed by atoms with Crippen LogP contribution < -0.4 is 10.2 Å². The summed E-state index contributed by atoms with van der Waals surface area (Å²) in [6.45, 7) is 5.55. The summed E-state index contributed by atoms with van der Waals surface area (Å²) in [6.07, 6.45) is 3.45. The molecular formula is C14H22N2S. The van der Waals surface area contributed by atoms with Crippen molar-refractivity contribution >= 4 is 17.4 Å². The number of nitrogens with one attached hydrogen (secondary N) is 1. The van der Waals surface area contributed by atoms with E-state index in [0.717, 1.165) is 13.1 Å². The SMILES string of the molecule is CSCCCN1CC(C)NCc2ccccc21. The Hall–Kier alpha value is -0.670. The van der Waals surface area contributed by atoms with Crippen molar-refractivity contribution in [2.45, 2.75) is 25.9 Å². The molecule has 2 rings (SSSR count). The topological polar surface area (TPSA) is 15.3 Å². The average molecular weight is 250 g/mol. The first-order chi connectivity index (χ1) is 8.31. The van der Waals surface area contributed by atoms with E-state index < -0.39 is 0 Å². The summed E-state index contributed by atoms with van der Waals surface area (Å²) in [6, 6.07) is 9.35. The van der Waals surface area contributed by atoms with E-state index in [-0.39, 0.29) is 0 Å². The maximum atomic E-state index is 3.57. The standard InChI is InChI=1S/C14H22N2S/c1-12-11-16(8-5-9-17-2)14-7-4-3-6-13(14)10-15-12/h3-4,6-7,12,15H,5,8-11H2,1-2H3. The molecule has 1 aliphatic rings. The van der Waals surface area contributed by atoms with Gasteiger partial charge in [-0.25, -0.2) is 0 Å². The van der Waals surface area contributed by atoms with Crippen molar-refractivity contribution in [3.05, 3.63) is 29.8 Å². The van der Waals surface area contributed by atoms with E-state index in [1.54, 1.807) is 0 Å². The van der Waals surface area contributed by atoms with Crippen LogP contribution in [0.5, 0.6) is 0 Å². The predicted octanol–water partition coefficient (Wildman–Crippen LogP) is 2.74.